The lowest BCUT2D eigenvalue weighted by molar-refractivity contribution is -0.122. The summed E-state index contributed by atoms with van der Waals surface area (Å²) in [6.07, 6.45) is 0.846. The second kappa shape index (κ2) is 9.83. The van der Waals surface area contributed by atoms with Gasteiger partial charge in [-0.1, -0.05) is 48.0 Å². The molecule has 1 saturated heterocycles. The molecule has 0 spiro atoms. The number of amides is 1. The van der Waals surface area contributed by atoms with E-state index in [0.717, 1.165) is 38.2 Å². The molecule has 2 aromatic rings. The average molecular weight is 390 g/mol. The Bertz CT molecular complexity index is 748. The molecular weight excluding hydrogens is 365 g/mol. The Kier molecular flexibility index (Phi) is 7.21. The molecule has 1 fully saturated rings. The predicted octanol–water partition coefficient (Wildman–Crippen LogP) is 2.96. The number of hydrogen-bond acceptors (Lipinski definition) is 3. The van der Waals surface area contributed by atoms with Gasteiger partial charge in [-0.2, -0.15) is 0 Å². The van der Waals surface area contributed by atoms with Crippen molar-refractivity contribution in [2.45, 2.75) is 13.0 Å². The second-order valence-corrected chi connectivity index (χ2v) is 7.28. The van der Waals surface area contributed by atoms with Crippen molar-refractivity contribution < 1.29 is 9.18 Å². The number of piperazine rings is 1. The topological polar surface area (TPSA) is 35.6 Å². The first kappa shape index (κ1) is 19.8. The summed E-state index contributed by atoms with van der Waals surface area (Å²) in [5.74, 6) is -0.243. The molecule has 0 aliphatic carbocycles. The number of nitrogens with zero attached hydrogens (tertiary/aromatic N) is 2. The first-order chi connectivity index (χ1) is 13.1. The van der Waals surface area contributed by atoms with Gasteiger partial charge in [0.15, 0.2) is 0 Å². The Hall–Kier alpha value is -1.95. The van der Waals surface area contributed by atoms with Crippen molar-refractivity contribution in [1.29, 1.82) is 0 Å². The van der Waals surface area contributed by atoms with Crippen molar-refractivity contribution in [3.8, 4) is 0 Å². The van der Waals surface area contributed by atoms with Gasteiger partial charge in [0.25, 0.3) is 0 Å². The van der Waals surface area contributed by atoms with E-state index in [4.69, 9.17) is 11.6 Å². The molecule has 0 unspecified atom stereocenters. The minimum Gasteiger partial charge on any atom is -0.355 e. The highest BCUT2D eigenvalue weighted by Crippen LogP contribution is 2.19. The fourth-order valence-corrected chi connectivity index (χ4v) is 3.47. The Balaban J connectivity index is 1.35. The van der Waals surface area contributed by atoms with Crippen LogP contribution in [0.2, 0.25) is 5.02 Å². The third-order valence-electron chi connectivity index (χ3n) is 4.82. The van der Waals surface area contributed by atoms with Crippen LogP contribution in [0.4, 0.5) is 4.39 Å². The lowest BCUT2D eigenvalue weighted by atomic mass is 10.1. The summed E-state index contributed by atoms with van der Waals surface area (Å²) in [6.45, 7) is 5.20. The monoisotopic (exact) mass is 389 g/mol. The maximum absolute atomic E-state index is 13.1. The quantitative estimate of drug-likeness (QED) is 0.790. The summed E-state index contributed by atoms with van der Waals surface area (Å²) in [5.41, 5.74) is 2.16. The molecule has 1 amide bonds. The first-order valence-corrected chi connectivity index (χ1v) is 9.67. The molecule has 0 aromatic heterocycles. The van der Waals surface area contributed by atoms with Gasteiger partial charge < -0.3 is 5.32 Å². The van der Waals surface area contributed by atoms with Gasteiger partial charge in [0.05, 0.1) is 6.54 Å². The predicted molar refractivity (Wildman–Crippen MR) is 106 cm³/mol. The number of nitrogens with one attached hydrogen (secondary N) is 1. The molecule has 144 valence electrons. The van der Waals surface area contributed by atoms with E-state index in [9.17, 15) is 9.18 Å². The van der Waals surface area contributed by atoms with Gasteiger partial charge in [-0.15, -0.1) is 0 Å². The van der Waals surface area contributed by atoms with Crippen molar-refractivity contribution in [2.75, 3.05) is 39.3 Å². The molecule has 1 heterocycles. The highest BCUT2D eigenvalue weighted by Gasteiger charge is 2.19. The molecule has 27 heavy (non-hydrogen) atoms. The van der Waals surface area contributed by atoms with Crippen molar-refractivity contribution >= 4 is 17.5 Å². The number of rotatable bonds is 7. The first-order valence-electron chi connectivity index (χ1n) is 9.29. The maximum atomic E-state index is 13.1. The summed E-state index contributed by atoms with van der Waals surface area (Å²) in [6, 6.07) is 14.7. The molecule has 3 rings (SSSR count). The van der Waals surface area contributed by atoms with Crippen molar-refractivity contribution in [2.24, 2.45) is 0 Å². The second-order valence-electron chi connectivity index (χ2n) is 6.87. The number of carbonyl (C=O) groups excluding carboxylic acids is 1. The zero-order chi connectivity index (χ0) is 19.1. The zero-order valence-corrected chi connectivity index (χ0v) is 16.1. The minimum absolute atomic E-state index is 0.0703. The summed E-state index contributed by atoms with van der Waals surface area (Å²) < 4.78 is 13.1. The largest absolute Gasteiger partial charge is 0.355 e. The molecular formula is C21H25ClFN3O. The van der Waals surface area contributed by atoms with E-state index in [1.54, 1.807) is 6.07 Å². The molecule has 1 aliphatic rings. The Morgan fingerprint density at radius 1 is 1.04 bits per heavy atom. The van der Waals surface area contributed by atoms with E-state index in [2.05, 4.69) is 27.2 Å². The molecule has 6 heteroatoms. The highest BCUT2D eigenvalue weighted by atomic mass is 35.5. The Morgan fingerprint density at radius 2 is 1.74 bits per heavy atom. The van der Waals surface area contributed by atoms with Gasteiger partial charge >= 0.3 is 0 Å². The molecule has 1 N–H and O–H groups in total. The average Bonchev–Trinajstić information content (AvgIpc) is 2.66. The fraction of sp³-hybridized carbons (Fsp3) is 0.381. The number of benzene rings is 2. The molecule has 0 atom stereocenters. The summed E-state index contributed by atoms with van der Waals surface area (Å²) in [7, 11) is 0. The van der Waals surface area contributed by atoms with Gasteiger partial charge in [0, 0.05) is 44.3 Å². The third-order valence-corrected chi connectivity index (χ3v) is 5.17. The number of carbonyl (C=O) groups is 1. The van der Waals surface area contributed by atoms with Gasteiger partial charge in [-0.25, -0.2) is 4.39 Å². The Morgan fingerprint density at radius 3 is 2.44 bits per heavy atom. The summed E-state index contributed by atoms with van der Waals surface area (Å²) in [5, 5.41) is 3.46. The van der Waals surface area contributed by atoms with E-state index in [-0.39, 0.29) is 11.7 Å². The molecule has 0 bridgehead atoms. The van der Waals surface area contributed by atoms with Crippen molar-refractivity contribution in [3.63, 3.8) is 0 Å². The van der Waals surface area contributed by atoms with Gasteiger partial charge in [0.2, 0.25) is 5.91 Å². The van der Waals surface area contributed by atoms with E-state index in [1.165, 1.54) is 17.7 Å². The fourth-order valence-electron chi connectivity index (χ4n) is 3.25. The van der Waals surface area contributed by atoms with E-state index < -0.39 is 0 Å². The molecule has 1 aliphatic heterocycles. The molecule has 2 aromatic carbocycles. The van der Waals surface area contributed by atoms with Crippen LogP contribution in [0.5, 0.6) is 0 Å². The summed E-state index contributed by atoms with van der Waals surface area (Å²) in [4.78, 5) is 16.6. The van der Waals surface area contributed by atoms with Crippen LogP contribution in [-0.4, -0.2) is 55.0 Å². The van der Waals surface area contributed by atoms with Crippen LogP contribution < -0.4 is 5.32 Å². The van der Waals surface area contributed by atoms with Gasteiger partial charge in [0.1, 0.15) is 5.82 Å². The van der Waals surface area contributed by atoms with Crippen LogP contribution in [-0.2, 0) is 17.8 Å². The van der Waals surface area contributed by atoms with E-state index in [1.807, 2.05) is 18.2 Å². The Labute approximate surface area is 164 Å². The normalized spacial score (nSPS) is 15.6. The van der Waals surface area contributed by atoms with Crippen LogP contribution in [0.25, 0.3) is 0 Å². The zero-order valence-electron chi connectivity index (χ0n) is 15.3. The maximum Gasteiger partial charge on any atom is 0.234 e. The van der Waals surface area contributed by atoms with Gasteiger partial charge in [-0.3, -0.25) is 14.6 Å². The van der Waals surface area contributed by atoms with Crippen LogP contribution in [0.15, 0.2) is 48.5 Å². The van der Waals surface area contributed by atoms with Crippen molar-refractivity contribution in [1.82, 2.24) is 15.1 Å². The van der Waals surface area contributed by atoms with Crippen LogP contribution in [0.1, 0.15) is 11.1 Å². The third kappa shape index (κ3) is 6.31. The lowest BCUT2D eigenvalue weighted by Crippen LogP contribution is -2.49. The molecule has 0 saturated carbocycles. The smallest absolute Gasteiger partial charge is 0.234 e. The molecule has 0 radical (unpaired) electrons. The standard InChI is InChI=1S/C21H25ClFN3O/c22-20-14-19(23)7-6-18(20)15-25-10-12-26(13-11-25)16-21(27)24-9-8-17-4-2-1-3-5-17/h1-7,14H,8-13,15-16H2,(H,24,27). The van der Waals surface area contributed by atoms with Crippen molar-refractivity contribution in [3.05, 3.63) is 70.5 Å². The number of halogens is 2. The SMILES string of the molecule is O=C(CN1CCN(Cc2ccc(F)cc2Cl)CC1)NCCc1ccccc1. The number of hydrogen-bond donors (Lipinski definition) is 1. The van der Waals surface area contributed by atoms with E-state index in [0.29, 0.717) is 24.7 Å². The van der Waals surface area contributed by atoms with E-state index >= 15 is 0 Å². The minimum atomic E-state index is -0.313. The lowest BCUT2D eigenvalue weighted by Gasteiger charge is -2.34. The highest BCUT2D eigenvalue weighted by molar-refractivity contribution is 6.31. The van der Waals surface area contributed by atoms with Crippen LogP contribution >= 0.6 is 11.6 Å². The van der Waals surface area contributed by atoms with Gasteiger partial charge in [-0.05, 0) is 29.7 Å². The van der Waals surface area contributed by atoms with Crippen LogP contribution in [0, 0.1) is 5.82 Å². The van der Waals surface area contributed by atoms with Crippen LogP contribution in [0.3, 0.4) is 0 Å². The molecule has 4 nitrogen and oxygen atoms in total. The summed E-state index contributed by atoms with van der Waals surface area (Å²) >= 11 is 6.11.